The average molecular weight is 447 g/mol. The fraction of sp³-hybridized carbons (Fsp3) is 0.261. The van der Waals surface area contributed by atoms with E-state index in [1.807, 2.05) is 31.2 Å². The number of aromatic nitrogens is 5. The Morgan fingerprint density at radius 2 is 1.97 bits per heavy atom. The summed E-state index contributed by atoms with van der Waals surface area (Å²) in [5.74, 6) is 1.63. The normalized spacial score (nSPS) is 13.2. The maximum absolute atomic E-state index is 12.8. The summed E-state index contributed by atoms with van der Waals surface area (Å²) >= 11 is 5.26. The number of rotatable bonds is 4. The summed E-state index contributed by atoms with van der Waals surface area (Å²) < 4.78 is 4.00. The van der Waals surface area contributed by atoms with E-state index in [1.54, 1.807) is 18.2 Å². The van der Waals surface area contributed by atoms with Crippen LogP contribution >= 0.6 is 12.2 Å². The van der Waals surface area contributed by atoms with Crippen molar-refractivity contribution in [3.8, 4) is 11.4 Å². The number of nitrogens with one attached hydrogen (secondary N) is 2. The van der Waals surface area contributed by atoms with Gasteiger partial charge in [0.05, 0.1) is 10.9 Å². The monoisotopic (exact) mass is 446 g/mol. The number of hydrogen-bond acceptors (Lipinski definition) is 5. The molecule has 2 N–H and O–H groups in total. The standard InChI is InChI=1S/C23H22N6O2S/c1-2-28-22(31)17-11-8-15(13-18(17)25-23(28)32)21(30)24-16-9-6-14(7-10-16)20-27-26-19-5-3-4-12-29(19)20/h6-11,13H,2-5,12H2,1H3,(H,24,30)(H,25,32). The van der Waals surface area contributed by atoms with E-state index in [1.165, 1.54) is 4.57 Å². The second-order valence-electron chi connectivity index (χ2n) is 7.82. The zero-order chi connectivity index (χ0) is 22.2. The van der Waals surface area contributed by atoms with Crippen molar-refractivity contribution < 1.29 is 4.79 Å². The molecule has 1 aliphatic rings. The quantitative estimate of drug-likeness (QED) is 0.463. The van der Waals surface area contributed by atoms with Crippen molar-refractivity contribution >= 4 is 34.7 Å². The fourth-order valence-corrected chi connectivity index (χ4v) is 4.43. The van der Waals surface area contributed by atoms with Gasteiger partial charge in [0.25, 0.3) is 11.5 Å². The maximum atomic E-state index is 12.8. The largest absolute Gasteiger partial charge is 0.332 e. The number of H-pyrrole nitrogens is 1. The highest BCUT2D eigenvalue weighted by Crippen LogP contribution is 2.24. The number of aryl methyl sites for hydroxylation is 1. The van der Waals surface area contributed by atoms with Crippen molar-refractivity contribution in [1.29, 1.82) is 0 Å². The van der Waals surface area contributed by atoms with Crippen LogP contribution in [0.1, 0.15) is 35.9 Å². The molecule has 162 valence electrons. The lowest BCUT2D eigenvalue weighted by Gasteiger charge is -2.14. The molecule has 4 aromatic rings. The van der Waals surface area contributed by atoms with Crippen LogP contribution in [0.15, 0.2) is 47.3 Å². The Morgan fingerprint density at radius 1 is 1.16 bits per heavy atom. The second kappa shape index (κ2) is 8.16. The van der Waals surface area contributed by atoms with Gasteiger partial charge in [-0.05, 0) is 74.4 Å². The summed E-state index contributed by atoms with van der Waals surface area (Å²) in [6.07, 6.45) is 3.25. The Hall–Kier alpha value is -3.59. The minimum atomic E-state index is -0.265. The molecule has 32 heavy (non-hydrogen) atoms. The third-order valence-corrected chi connectivity index (χ3v) is 6.14. The highest BCUT2D eigenvalue weighted by atomic mass is 32.1. The average Bonchev–Trinajstić information content (AvgIpc) is 3.24. The van der Waals surface area contributed by atoms with Crippen LogP contribution in [0.25, 0.3) is 22.3 Å². The minimum absolute atomic E-state index is 0.163. The van der Waals surface area contributed by atoms with E-state index in [4.69, 9.17) is 12.2 Å². The molecule has 8 nitrogen and oxygen atoms in total. The first-order valence-electron chi connectivity index (χ1n) is 10.7. The van der Waals surface area contributed by atoms with Gasteiger partial charge in [-0.3, -0.25) is 14.2 Å². The number of hydrogen-bond donors (Lipinski definition) is 2. The summed E-state index contributed by atoms with van der Waals surface area (Å²) in [7, 11) is 0. The molecule has 0 fully saturated rings. The molecule has 9 heteroatoms. The van der Waals surface area contributed by atoms with Gasteiger partial charge in [0.2, 0.25) is 0 Å². The van der Waals surface area contributed by atoms with Crippen LogP contribution in [-0.2, 0) is 19.5 Å². The Labute approximate surface area is 188 Å². The van der Waals surface area contributed by atoms with Crippen molar-refractivity contribution in [2.24, 2.45) is 0 Å². The van der Waals surface area contributed by atoms with Gasteiger partial charge in [-0.2, -0.15) is 0 Å². The van der Waals surface area contributed by atoms with Crippen LogP contribution in [-0.4, -0.2) is 30.2 Å². The first-order valence-corrected chi connectivity index (χ1v) is 11.1. The fourth-order valence-electron chi connectivity index (χ4n) is 4.11. The molecule has 0 radical (unpaired) electrons. The first-order chi connectivity index (χ1) is 15.5. The molecule has 0 unspecified atom stereocenters. The van der Waals surface area contributed by atoms with Crippen molar-refractivity contribution in [2.45, 2.75) is 39.3 Å². The molecule has 1 aliphatic heterocycles. The molecule has 0 saturated carbocycles. The van der Waals surface area contributed by atoms with E-state index >= 15 is 0 Å². The van der Waals surface area contributed by atoms with E-state index in [-0.39, 0.29) is 11.5 Å². The van der Waals surface area contributed by atoms with E-state index in [0.29, 0.717) is 33.5 Å². The van der Waals surface area contributed by atoms with Gasteiger partial charge in [-0.1, -0.05) is 0 Å². The molecular formula is C23H22N6O2S. The summed E-state index contributed by atoms with van der Waals surface area (Å²) in [6.45, 7) is 3.28. The van der Waals surface area contributed by atoms with Crippen molar-refractivity contribution in [3.05, 3.63) is 69.0 Å². The summed E-state index contributed by atoms with van der Waals surface area (Å²) in [6, 6.07) is 12.5. The number of nitrogens with zero attached hydrogens (tertiary/aromatic N) is 4. The molecule has 2 aromatic carbocycles. The predicted molar refractivity (Wildman–Crippen MR) is 125 cm³/mol. The van der Waals surface area contributed by atoms with Gasteiger partial charge in [0.15, 0.2) is 10.6 Å². The lowest BCUT2D eigenvalue weighted by atomic mass is 10.1. The van der Waals surface area contributed by atoms with Crippen LogP contribution in [0.4, 0.5) is 5.69 Å². The number of amides is 1. The van der Waals surface area contributed by atoms with Crippen molar-refractivity contribution in [1.82, 2.24) is 24.3 Å². The Balaban J connectivity index is 1.38. The molecule has 0 spiro atoms. The van der Waals surface area contributed by atoms with Gasteiger partial charge in [0.1, 0.15) is 5.82 Å². The van der Waals surface area contributed by atoms with E-state index in [9.17, 15) is 9.59 Å². The highest BCUT2D eigenvalue weighted by Gasteiger charge is 2.17. The molecule has 0 aliphatic carbocycles. The molecule has 5 rings (SSSR count). The lowest BCUT2D eigenvalue weighted by Crippen LogP contribution is -2.21. The molecule has 0 atom stereocenters. The molecule has 0 saturated heterocycles. The molecule has 0 bridgehead atoms. The number of anilines is 1. The lowest BCUT2D eigenvalue weighted by molar-refractivity contribution is 0.102. The second-order valence-corrected chi connectivity index (χ2v) is 8.21. The molecule has 3 heterocycles. The minimum Gasteiger partial charge on any atom is -0.332 e. The smallest absolute Gasteiger partial charge is 0.262 e. The Bertz CT molecular complexity index is 1450. The summed E-state index contributed by atoms with van der Waals surface area (Å²) in [5.41, 5.74) is 2.46. The van der Waals surface area contributed by atoms with Crippen molar-refractivity contribution in [2.75, 3.05) is 5.32 Å². The van der Waals surface area contributed by atoms with Crippen LogP contribution in [0.2, 0.25) is 0 Å². The van der Waals surface area contributed by atoms with Crippen LogP contribution in [0.5, 0.6) is 0 Å². The highest BCUT2D eigenvalue weighted by molar-refractivity contribution is 7.71. The molecule has 1 amide bonds. The van der Waals surface area contributed by atoms with E-state index < -0.39 is 0 Å². The van der Waals surface area contributed by atoms with E-state index in [2.05, 4.69) is 25.1 Å². The van der Waals surface area contributed by atoms with Gasteiger partial charge in [0, 0.05) is 36.3 Å². The van der Waals surface area contributed by atoms with Gasteiger partial charge in [-0.25, -0.2) is 0 Å². The summed E-state index contributed by atoms with van der Waals surface area (Å²) in [4.78, 5) is 28.4. The zero-order valence-electron chi connectivity index (χ0n) is 17.6. The number of carbonyl (C=O) groups excluding carboxylic acids is 1. The Kier molecular flexibility index (Phi) is 5.18. The predicted octanol–water partition coefficient (Wildman–Crippen LogP) is 3.93. The summed E-state index contributed by atoms with van der Waals surface area (Å²) in [5, 5.41) is 12.1. The van der Waals surface area contributed by atoms with Gasteiger partial charge >= 0.3 is 0 Å². The third-order valence-electron chi connectivity index (χ3n) is 5.82. The maximum Gasteiger partial charge on any atom is 0.262 e. The molecular weight excluding hydrogens is 424 g/mol. The number of benzene rings is 2. The van der Waals surface area contributed by atoms with Crippen LogP contribution in [0.3, 0.4) is 0 Å². The van der Waals surface area contributed by atoms with Crippen LogP contribution < -0.4 is 10.9 Å². The number of aromatic amines is 1. The first kappa shape index (κ1) is 20.3. The van der Waals surface area contributed by atoms with E-state index in [0.717, 1.165) is 43.0 Å². The Morgan fingerprint density at radius 3 is 2.75 bits per heavy atom. The van der Waals surface area contributed by atoms with Gasteiger partial charge in [-0.15, -0.1) is 10.2 Å². The van der Waals surface area contributed by atoms with Crippen LogP contribution in [0, 0.1) is 4.77 Å². The number of carbonyl (C=O) groups is 1. The number of fused-ring (bicyclic) bond motifs is 2. The SMILES string of the molecule is CCn1c(=S)[nH]c2cc(C(=O)Nc3ccc(-c4nnc5n4CCCC5)cc3)ccc2c1=O. The molecule has 2 aromatic heterocycles. The van der Waals surface area contributed by atoms with Crippen molar-refractivity contribution in [3.63, 3.8) is 0 Å². The third kappa shape index (κ3) is 3.54. The zero-order valence-corrected chi connectivity index (χ0v) is 18.4. The van der Waals surface area contributed by atoms with Gasteiger partial charge < -0.3 is 14.9 Å². The topological polar surface area (TPSA) is 97.6 Å².